The monoisotopic (exact) mass is 339 g/mol. The van der Waals surface area contributed by atoms with E-state index in [0.717, 1.165) is 25.7 Å². The number of aliphatic hydroxyl groups is 1. The topological polar surface area (TPSA) is 87.4 Å². The number of amides is 1. The largest absolute Gasteiger partial charge is 0.390 e. The molecule has 0 aromatic rings. The summed E-state index contributed by atoms with van der Waals surface area (Å²) < 4.78 is 0. The van der Waals surface area contributed by atoms with Crippen molar-refractivity contribution in [1.29, 1.82) is 0 Å². The Morgan fingerprint density at radius 2 is 2.00 bits per heavy atom. The van der Waals surface area contributed by atoms with Crippen LogP contribution in [0.5, 0.6) is 0 Å². The molecule has 5 heteroatoms. The van der Waals surface area contributed by atoms with Crippen molar-refractivity contribution < 1.29 is 9.90 Å². The van der Waals surface area contributed by atoms with E-state index in [0.29, 0.717) is 18.5 Å². The molecule has 2 aliphatic rings. The van der Waals surface area contributed by atoms with E-state index in [1.54, 1.807) is 0 Å². The highest BCUT2D eigenvalue weighted by atomic mass is 16.3. The lowest BCUT2D eigenvalue weighted by atomic mass is 9.85. The van der Waals surface area contributed by atoms with E-state index in [4.69, 9.17) is 5.73 Å². The van der Waals surface area contributed by atoms with Crippen LogP contribution in [-0.2, 0) is 4.79 Å². The minimum atomic E-state index is -0.526. The van der Waals surface area contributed by atoms with E-state index in [9.17, 15) is 9.90 Å². The van der Waals surface area contributed by atoms with Crippen molar-refractivity contribution in [1.82, 2.24) is 10.6 Å². The van der Waals surface area contributed by atoms with Gasteiger partial charge in [-0.2, -0.15) is 0 Å². The third-order valence-electron chi connectivity index (χ3n) is 5.79. The Morgan fingerprint density at radius 1 is 1.25 bits per heavy atom. The van der Waals surface area contributed by atoms with Crippen LogP contribution in [0.4, 0.5) is 0 Å². The van der Waals surface area contributed by atoms with E-state index in [2.05, 4.69) is 17.6 Å². The molecule has 5 N–H and O–H groups in total. The second kappa shape index (κ2) is 10.4. The SMILES string of the molecule is CCCC[C@@H]1CC[C@H](NC(=O)[C@@H](N)CC2CCCCC2)[C@H](O)CN1. The molecule has 1 aliphatic carbocycles. The summed E-state index contributed by atoms with van der Waals surface area (Å²) in [4.78, 5) is 12.4. The highest BCUT2D eigenvalue weighted by molar-refractivity contribution is 5.81. The fraction of sp³-hybridized carbons (Fsp3) is 0.947. The second-order valence-corrected chi connectivity index (χ2v) is 7.85. The molecule has 24 heavy (non-hydrogen) atoms. The number of nitrogens with two attached hydrogens (primary N) is 1. The van der Waals surface area contributed by atoms with Crippen LogP contribution in [-0.4, -0.2) is 41.8 Å². The Morgan fingerprint density at radius 3 is 2.71 bits per heavy atom. The minimum Gasteiger partial charge on any atom is -0.390 e. The molecule has 0 unspecified atom stereocenters. The predicted molar refractivity (Wildman–Crippen MR) is 97.7 cm³/mol. The maximum Gasteiger partial charge on any atom is 0.237 e. The van der Waals surface area contributed by atoms with Crippen LogP contribution < -0.4 is 16.4 Å². The third kappa shape index (κ3) is 6.34. The molecule has 1 heterocycles. The van der Waals surface area contributed by atoms with Gasteiger partial charge in [0, 0.05) is 12.6 Å². The van der Waals surface area contributed by atoms with Gasteiger partial charge in [-0.15, -0.1) is 0 Å². The van der Waals surface area contributed by atoms with Gasteiger partial charge >= 0.3 is 0 Å². The first-order valence-corrected chi connectivity index (χ1v) is 10.1. The molecule has 4 atom stereocenters. The lowest BCUT2D eigenvalue weighted by Gasteiger charge is -2.26. The van der Waals surface area contributed by atoms with Crippen LogP contribution in [0.25, 0.3) is 0 Å². The Bertz CT molecular complexity index is 372. The van der Waals surface area contributed by atoms with Crippen molar-refractivity contribution >= 4 is 5.91 Å². The van der Waals surface area contributed by atoms with Crippen LogP contribution in [0.2, 0.25) is 0 Å². The van der Waals surface area contributed by atoms with Crippen molar-refractivity contribution in [2.45, 2.75) is 102 Å². The zero-order chi connectivity index (χ0) is 17.4. The summed E-state index contributed by atoms with van der Waals surface area (Å²) in [6.45, 7) is 2.75. The molecule has 1 amide bonds. The maximum atomic E-state index is 12.4. The lowest BCUT2D eigenvalue weighted by Crippen LogP contribution is -2.51. The molecule has 0 spiro atoms. The molecule has 2 rings (SSSR count). The fourth-order valence-electron chi connectivity index (χ4n) is 4.15. The number of nitrogens with one attached hydrogen (secondary N) is 2. The number of unbranched alkanes of at least 4 members (excludes halogenated alkanes) is 1. The van der Waals surface area contributed by atoms with Gasteiger partial charge in [0.1, 0.15) is 0 Å². The van der Waals surface area contributed by atoms with Gasteiger partial charge in [-0.05, 0) is 31.6 Å². The number of hydrogen-bond donors (Lipinski definition) is 4. The van der Waals surface area contributed by atoms with E-state index >= 15 is 0 Å². The molecule has 1 saturated carbocycles. The summed E-state index contributed by atoms with van der Waals surface area (Å²) in [5.74, 6) is 0.510. The van der Waals surface area contributed by atoms with E-state index < -0.39 is 12.1 Å². The Balaban J connectivity index is 1.76. The van der Waals surface area contributed by atoms with Crippen LogP contribution >= 0.6 is 0 Å². The van der Waals surface area contributed by atoms with Gasteiger partial charge in [-0.25, -0.2) is 0 Å². The average molecular weight is 340 g/mol. The van der Waals surface area contributed by atoms with Crippen LogP contribution in [0.1, 0.15) is 77.6 Å². The molecule has 0 aromatic carbocycles. The number of carbonyl (C=O) groups is 1. The zero-order valence-electron chi connectivity index (χ0n) is 15.3. The number of carbonyl (C=O) groups excluding carboxylic acids is 1. The predicted octanol–water partition coefficient (Wildman–Crippen LogP) is 2.07. The lowest BCUT2D eigenvalue weighted by molar-refractivity contribution is -0.124. The molecule has 140 valence electrons. The summed E-state index contributed by atoms with van der Waals surface area (Å²) >= 11 is 0. The minimum absolute atomic E-state index is 0.0865. The van der Waals surface area contributed by atoms with Gasteiger partial charge in [0.05, 0.1) is 18.2 Å². The second-order valence-electron chi connectivity index (χ2n) is 7.85. The highest BCUT2D eigenvalue weighted by Gasteiger charge is 2.29. The molecular formula is C19H37N3O2. The Labute approximate surface area is 147 Å². The summed E-state index contributed by atoms with van der Waals surface area (Å²) in [7, 11) is 0. The molecule has 0 bridgehead atoms. The Hall–Kier alpha value is -0.650. The molecule has 0 aromatic heterocycles. The Kier molecular flexibility index (Phi) is 8.50. The first-order chi connectivity index (χ1) is 11.6. The summed E-state index contributed by atoms with van der Waals surface area (Å²) in [6.07, 6.45) is 11.9. The number of β-amino-alcohol motifs (C(OH)–C–C–N with tert-alkyl or cyclic N) is 1. The molecule has 5 nitrogen and oxygen atoms in total. The van der Waals surface area contributed by atoms with Crippen molar-refractivity contribution in [3.63, 3.8) is 0 Å². The molecule has 1 saturated heterocycles. The van der Waals surface area contributed by atoms with Crippen molar-refractivity contribution in [3.05, 3.63) is 0 Å². The smallest absolute Gasteiger partial charge is 0.237 e. The van der Waals surface area contributed by atoms with E-state index in [1.165, 1.54) is 44.9 Å². The van der Waals surface area contributed by atoms with E-state index in [1.807, 2.05) is 0 Å². The van der Waals surface area contributed by atoms with Gasteiger partial charge in [-0.3, -0.25) is 4.79 Å². The fourth-order valence-corrected chi connectivity index (χ4v) is 4.15. The van der Waals surface area contributed by atoms with Crippen LogP contribution in [0, 0.1) is 5.92 Å². The van der Waals surface area contributed by atoms with Crippen molar-refractivity contribution in [3.8, 4) is 0 Å². The standard InChI is InChI=1S/C19H37N3O2/c1-2-3-9-15-10-11-17(18(23)13-21-15)22-19(24)16(20)12-14-7-5-4-6-8-14/h14-18,21,23H,2-13,20H2,1H3,(H,22,24)/t15-,16+,17+,18-/m1/s1. The van der Waals surface area contributed by atoms with Crippen LogP contribution in [0.15, 0.2) is 0 Å². The number of hydrogen-bond acceptors (Lipinski definition) is 4. The first kappa shape index (κ1) is 19.7. The summed E-state index contributed by atoms with van der Waals surface area (Å²) in [5.41, 5.74) is 6.13. The van der Waals surface area contributed by atoms with Gasteiger partial charge in [0.25, 0.3) is 0 Å². The van der Waals surface area contributed by atoms with Crippen LogP contribution in [0.3, 0.4) is 0 Å². The quantitative estimate of drug-likeness (QED) is 0.572. The summed E-state index contributed by atoms with van der Waals surface area (Å²) in [5, 5.41) is 16.8. The van der Waals surface area contributed by atoms with Gasteiger partial charge in [0.15, 0.2) is 0 Å². The molecule has 1 aliphatic heterocycles. The number of aliphatic hydroxyl groups excluding tert-OH is 1. The highest BCUT2D eigenvalue weighted by Crippen LogP contribution is 2.27. The average Bonchev–Trinajstić information content (AvgIpc) is 2.76. The maximum absolute atomic E-state index is 12.4. The van der Waals surface area contributed by atoms with Crippen molar-refractivity contribution in [2.24, 2.45) is 11.7 Å². The summed E-state index contributed by atoms with van der Waals surface area (Å²) in [6, 6.07) is -0.154. The van der Waals surface area contributed by atoms with Gasteiger partial charge in [0.2, 0.25) is 5.91 Å². The molecule has 2 fully saturated rings. The first-order valence-electron chi connectivity index (χ1n) is 10.1. The normalized spacial score (nSPS) is 30.5. The zero-order valence-corrected chi connectivity index (χ0v) is 15.3. The van der Waals surface area contributed by atoms with Gasteiger partial charge in [-0.1, -0.05) is 51.9 Å². The van der Waals surface area contributed by atoms with Crippen molar-refractivity contribution in [2.75, 3.05) is 6.54 Å². The molecular weight excluding hydrogens is 302 g/mol. The molecule has 0 radical (unpaired) electrons. The van der Waals surface area contributed by atoms with E-state index in [-0.39, 0.29) is 11.9 Å². The van der Waals surface area contributed by atoms with Gasteiger partial charge < -0.3 is 21.5 Å². The third-order valence-corrected chi connectivity index (χ3v) is 5.79. The number of rotatable bonds is 7.